The van der Waals surface area contributed by atoms with Crippen molar-refractivity contribution in [1.29, 1.82) is 0 Å². The van der Waals surface area contributed by atoms with Gasteiger partial charge in [-0.15, -0.1) is 0 Å². The normalized spacial score (nSPS) is 20.5. The maximum Gasteiger partial charge on any atom is 0.416 e. The van der Waals surface area contributed by atoms with Crippen LogP contribution >= 0.6 is 0 Å². The molecule has 10 heteroatoms. The lowest BCUT2D eigenvalue weighted by atomic mass is 10.0. The summed E-state index contributed by atoms with van der Waals surface area (Å²) in [7, 11) is 0. The Morgan fingerprint density at radius 3 is 2.05 bits per heavy atom. The first-order chi connectivity index (χ1) is 18.1. The first kappa shape index (κ1) is 28.0. The van der Waals surface area contributed by atoms with E-state index < -0.39 is 17.6 Å². The zero-order valence-electron chi connectivity index (χ0n) is 21.2. The lowest BCUT2D eigenvalue weighted by Crippen LogP contribution is -2.48. The minimum Gasteiger partial charge on any atom is -0.339 e. The summed E-state index contributed by atoms with van der Waals surface area (Å²) in [6.07, 6.45) is 2.36. The smallest absolute Gasteiger partial charge is 0.339 e. The summed E-state index contributed by atoms with van der Waals surface area (Å²) in [6, 6.07) is 11.5. The Balaban J connectivity index is 0.000000186. The summed E-state index contributed by atoms with van der Waals surface area (Å²) >= 11 is 0. The zero-order chi connectivity index (χ0) is 27.3. The molecule has 2 amide bonds. The predicted octanol–water partition coefficient (Wildman–Crippen LogP) is 4.80. The van der Waals surface area contributed by atoms with Crippen LogP contribution in [0.2, 0.25) is 0 Å². The minimum absolute atomic E-state index is 0.114. The molecule has 3 aliphatic rings. The molecule has 38 heavy (non-hydrogen) atoms. The van der Waals surface area contributed by atoms with Gasteiger partial charge in [0.2, 0.25) is 0 Å². The molecule has 1 aliphatic carbocycles. The Morgan fingerprint density at radius 2 is 1.45 bits per heavy atom. The van der Waals surface area contributed by atoms with E-state index in [-0.39, 0.29) is 23.5 Å². The van der Waals surface area contributed by atoms with Gasteiger partial charge in [-0.1, -0.05) is 12.1 Å². The van der Waals surface area contributed by atoms with Crippen molar-refractivity contribution in [3.8, 4) is 0 Å². The number of carbonyl (C=O) groups excluding carboxylic acids is 2. The molecular formula is C28H34F4N4O2. The zero-order valence-corrected chi connectivity index (χ0v) is 21.2. The highest BCUT2D eigenvalue weighted by Crippen LogP contribution is 2.30. The third kappa shape index (κ3) is 7.54. The summed E-state index contributed by atoms with van der Waals surface area (Å²) in [6.45, 7) is 1.86. The minimum atomic E-state index is -4.42. The molecule has 2 heterocycles. The van der Waals surface area contributed by atoms with Gasteiger partial charge in [-0.2, -0.15) is 13.2 Å². The lowest BCUT2D eigenvalue weighted by molar-refractivity contribution is -0.137. The Kier molecular flexibility index (Phi) is 9.04. The molecule has 1 unspecified atom stereocenters. The maximum atomic E-state index is 13.0. The van der Waals surface area contributed by atoms with Crippen molar-refractivity contribution in [2.75, 3.05) is 19.6 Å². The second kappa shape index (κ2) is 12.3. The highest BCUT2D eigenvalue weighted by molar-refractivity contribution is 5.95. The molecular weight excluding hydrogens is 500 g/mol. The molecule has 206 valence electrons. The van der Waals surface area contributed by atoms with Gasteiger partial charge in [0.15, 0.2) is 0 Å². The van der Waals surface area contributed by atoms with Crippen LogP contribution in [0, 0.1) is 5.82 Å². The first-order valence-electron chi connectivity index (χ1n) is 13.2. The second-order valence-corrected chi connectivity index (χ2v) is 10.2. The number of hydrogen-bond acceptors (Lipinski definition) is 4. The maximum absolute atomic E-state index is 13.0. The van der Waals surface area contributed by atoms with Gasteiger partial charge in [0.05, 0.1) is 11.7 Å². The third-order valence-corrected chi connectivity index (χ3v) is 7.15. The van der Waals surface area contributed by atoms with Gasteiger partial charge in [-0.05, 0) is 81.3 Å². The van der Waals surface area contributed by atoms with Gasteiger partial charge in [0.1, 0.15) is 5.82 Å². The molecule has 0 radical (unpaired) electrons. The van der Waals surface area contributed by atoms with Gasteiger partial charge in [-0.3, -0.25) is 9.59 Å². The Labute approximate surface area is 220 Å². The summed E-state index contributed by atoms with van der Waals surface area (Å²) in [5, 5.41) is 3.53. The molecule has 3 fully saturated rings. The number of likely N-dealkylation sites (tertiary alicyclic amines) is 2. The number of benzene rings is 2. The van der Waals surface area contributed by atoms with Gasteiger partial charge in [-0.25, -0.2) is 4.39 Å². The van der Waals surface area contributed by atoms with E-state index in [9.17, 15) is 27.2 Å². The van der Waals surface area contributed by atoms with Crippen LogP contribution < -0.4 is 11.1 Å². The van der Waals surface area contributed by atoms with Crippen molar-refractivity contribution < 1.29 is 27.2 Å². The molecule has 2 aliphatic heterocycles. The predicted molar refractivity (Wildman–Crippen MR) is 136 cm³/mol. The lowest BCUT2D eigenvalue weighted by Gasteiger charge is -2.33. The Morgan fingerprint density at radius 1 is 0.816 bits per heavy atom. The fraction of sp³-hybridized carbons (Fsp3) is 0.500. The van der Waals surface area contributed by atoms with Gasteiger partial charge < -0.3 is 20.9 Å². The average Bonchev–Trinajstić information content (AvgIpc) is 3.73. The van der Waals surface area contributed by atoms with Gasteiger partial charge in [0.25, 0.3) is 11.8 Å². The van der Waals surface area contributed by atoms with Crippen LogP contribution in [0.5, 0.6) is 0 Å². The molecule has 0 bridgehead atoms. The van der Waals surface area contributed by atoms with Crippen LogP contribution in [-0.4, -0.2) is 59.5 Å². The van der Waals surface area contributed by atoms with Crippen LogP contribution in [0.25, 0.3) is 0 Å². The number of amides is 2. The number of piperidine rings is 2. The second-order valence-electron chi connectivity index (χ2n) is 10.2. The van der Waals surface area contributed by atoms with Crippen LogP contribution in [0.1, 0.15) is 71.2 Å². The number of nitrogens with two attached hydrogens (primary N) is 1. The van der Waals surface area contributed by atoms with Crippen LogP contribution in [0.3, 0.4) is 0 Å². The number of alkyl halides is 3. The fourth-order valence-corrected chi connectivity index (χ4v) is 4.84. The van der Waals surface area contributed by atoms with E-state index in [4.69, 9.17) is 5.73 Å². The molecule has 6 nitrogen and oxygen atoms in total. The number of hydrogen-bond donors (Lipinski definition) is 2. The Hall–Kier alpha value is -2.98. The standard InChI is InChI=1S/C16H19F3N2O.C12H15FN2O/c17-16(18,19)12-3-1-2-11(10-12)15(22)21-8-6-14(7-9-21)20-13-4-5-13;13-10-5-3-4-9(8-10)12(16)15-7-2-1-6-11(15)14/h1-3,10,13-14,20H,4-9H2;3-5,8,11H,1-2,6-7,14H2. The van der Waals surface area contributed by atoms with E-state index in [0.717, 1.165) is 44.2 Å². The van der Waals surface area contributed by atoms with E-state index in [0.29, 0.717) is 37.3 Å². The molecule has 2 aromatic rings. The van der Waals surface area contributed by atoms with Crippen LogP contribution in [-0.2, 0) is 6.18 Å². The van der Waals surface area contributed by atoms with Crippen molar-refractivity contribution in [3.63, 3.8) is 0 Å². The molecule has 5 rings (SSSR count). The average molecular weight is 535 g/mol. The SMILES string of the molecule is NC1CCCCN1C(=O)c1cccc(F)c1.O=C(c1cccc(C(F)(F)F)c1)N1CCC(NC2CC2)CC1. The van der Waals surface area contributed by atoms with Crippen LogP contribution in [0.15, 0.2) is 48.5 Å². The van der Waals surface area contributed by atoms with Crippen molar-refractivity contribution in [2.24, 2.45) is 5.73 Å². The molecule has 0 spiro atoms. The molecule has 3 N–H and O–H groups in total. The van der Waals surface area contributed by atoms with Gasteiger partial charge >= 0.3 is 6.18 Å². The monoisotopic (exact) mass is 534 g/mol. The number of rotatable bonds is 4. The summed E-state index contributed by atoms with van der Waals surface area (Å²) in [5.41, 5.74) is 5.58. The number of carbonyl (C=O) groups is 2. The van der Waals surface area contributed by atoms with Crippen molar-refractivity contribution in [3.05, 3.63) is 71.0 Å². The first-order valence-corrected chi connectivity index (χ1v) is 13.2. The highest BCUT2D eigenvalue weighted by Gasteiger charge is 2.32. The summed E-state index contributed by atoms with van der Waals surface area (Å²) in [4.78, 5) is 27.7. The van der Waals surface area contributed by atoms with Crippen molar-refractivity contribution >= 4 is 11.8 Å². The van der Waals surface area contributed by atoms with E-state index in [1.54, 1.807) is 15.9 Å². The largest absolute Gasteiger partial charge is 0.416 e. The Bertz CT molecular complexity index is 1110. The summed E-state index contributed by atoms with van der Waals surface area (Å²) < 4.78 is 51.1. The number of nitrogens with zero attached hydrogens (tertiary/aromatic N) is 2. The quantitative estimate of drug-likeness (QED) is 0.553. The van der Waals surface area contributed by atoms with E-state index in [1.165, 1.54) is 43.2 Å². The van der Waals surface area contributed by atoms with Gasteiger partial charge in [0, 0.05) is 42.8 Å². The molecule has 2 aromatic carbocycles. The van der Waals surface area contributed by atoms with E-state index in [2.05, 4.69) is 5.32 Å². The van der Waals surface area contributed by atoms with Crippen molar-refractivity contribution in [1.82, 2.24) is 15.1 Å². The van der Waals surface area contributed by atoms with Crippen LogP contribution in [0.4, 0.5) is 17.6 Å². The fourth-order valence-electron chi connectivity index (χ4n) is 4.84. The molecule has 0 aromatic heterocycles. The van der Waals surface area contributed by atoms with E-state index >= 15 is 0 Å². The van der Waals surface area contributed by atoms with Crippen molar-refractivity contribution in [2.45, 2.75) is 69.4 Å². The molecule has 2 saturated heterocycles. The molecule has 1 saturated carbocycles. The molecule has 1 atom stereocenters. The number of nitrogens with one attached hydrogen (secondary N) is 1. The summed E-state index contributed by atoms with van der Waals surface area (Å²) in [5.74, 6) is -0.876. The number of halogens is 4. The van der Waals surface area contributed by atoms with E-state index in [1.807, 2.05) is 0 Å². The third-order valence-electron chi connectivity index (χ3n) is 7.15. The highest BCUT2D eigenvalue weighted by atomic mass is 19.4. The topological polar surface area (TPSA) is 78.7 Å².